The summed E-state index contributed by atoms with van der Waals surface area (Å²) in [6.45, 7) is 0.198. The van der Waals surface area contributed by atoms with Gasteiger partial charge in [-0.05, 0) is 12.8 Å². The Balaban J connectivity index is 2.05. The van der Waals surface area contributed by atoms with Crippen LogP contribution in [0.5, 0.6) is 0 Å². The number of nitrogens with one attached hydrogen (secondary N) is 2. The molecule has 80 valence electrons. The van der Waals surface area contributed by atoms with E-state index in [2.05, 4.69) is 10.6 Å². The zero-order valence-electron chi connectivity index (χ0n) is 8.21. The molecule has 1 fully saturated rings. The van der Waals surface area contributed by atoms with Gasteiger partial charge in [0, 0.05) is 6.04 Å². The maximum Gasteiger partial charge on any atom is 0.236 e. The summed E-state index contributed by atoms with van der Waals surface area (Å²) in [5.74, 6) is -0.685. The number of rotatable bonds is 5. The highest BCUT2D eigenvalue weighted by Crippen LogP contribution is 2.16. The van der Waals surface area contributed by atoms with E-state index in [0.29, 0.717) is 6.04 Å². The second-order valence-corrected chi connectivity index (χ2v) is 3.61. The second kappa shape index (κ2) is 5.59. The average Bonchev–Trinajstić information content (AvgIpc) is 2.63. The van der Waals surface area contributed by atoms with Crippen molar-refractivity contribution >= 4 is 11.8 Å². The van der Waals surface area contributed by atoms with Gasteiger partial charge in [0.05, 0.1) is 13.1 Å². The number of carbonyl (C=O) groups excluding carboxylic acids is 2. The topological polar surface area (TPSA) is 84.2 Å². The lowest BCUT2D eigenvalue weighted by Crippen LogP contribution is -2.41. The molecule has 5 heteroatoms. The van der Waals surface area contributed by atoms with Crippen molar-refractivity contribution in [3.05, 3.63) is 0 Å². The summed E-state index contributed by atoms with van der Waals surface area (Å²) in [6.07, 6.45) is 4.76. The summed E-state index contributed by atoms with van der Waals surface area (Å²) in [6, 6.07) is 0.467. The molecule has 0 atom stereocenters. The number of nitrogens with two attached hydrogens (primary N) is 1. The van der Waals surface area contributed by atoms with E-state index >= 15 is 0 Å². The highest BCUT2D eigenvalue weighted by molar-refractivity contribution is 5.84. The van der Waals surface area contributed by atoms with E-state index < -0.39 is 5.91 Å². The fraction of sp³-hybridized carbons (Fsp3) is 0.778. The van der Waals surface area contributed by atoms with Crippen LogP contribution in [0.15, 0.2) is 0 Å². The maximum atomic E-state index is 11.1. The van der Waals surface area contributed by atoms with Gasteiger partial charge in [-0.25, -0.2) is 0 Å². The Kier molecular flexibility index (Phi) is 4.39. The minimum Gasteiger partial charge on any atom is -0.368 e. The Labute approximate surface area is 83.4 Å². The third-order valence-electron chi connectivity index (χ3n) is 2.37. The van der Waals surface area contributed by atoms with E-state index in [0.717, 1.165) is 12.8 Å². The molecule has 0 aromatic rings. The van der Waals surface area contributed by atoms with Crippen LogP contribution >= 0.6 is 0 Å². The summed E-state index contributed by atoms with van der Waals surface area (Å²) in [5, 5.41) is 5.57. The molecule has 0 radical (unpaired) electrons. The van der Waals surface area contributed by atoms with E-state index in [4.69, 9.17) is 5.73 Å². The van der Waals surface area contributed by atoms with Crippen molar-refractivity contribution in [3.63, 3.8) is 0 Å². The quantitative estimate of drug-likeness (QED) is 0.537. The fourth-order valence-corrected chi connectivity index (χ4v) is 1.62. The predicted molar refractivity (Wildman–Crippen MR) is 52.5 cm³/mol. The van der Waals surface area contributed by atoms with Crippen molar-refractivity contribution in [2.45, 2.75) is 31.7 Å². The zero-order valence-corrected chi connectivity index (χ0v) is 8.21. The van der Waals surface area contributed by atoms with E-state index in [1.807, 2.05) is 0 Å². The normalized spacial score (nSPS) is 16.9. The third-order valence-corrected chi connectivity index (χ3v) is 2.37. The Bertz CT molecular complexity index is 212. The molecule has 0 aromatic carbocycles. The number of carbonyl (C=O) groups is 2. The van der Waals surface area contributed by atoms with Crippen LogP contribution in [-0.2, 0) is 9.59 Å². The molecule has 0 heterocycles. The molecule has 0 bridgehead atoms. The molecule has 0 aliphatic heterocycles. The van der Waals surface area contributed by atoms with Gasteiger partial charge < -0.3 is 16.4 Å². The summed E-state index contributed by atoms with van der Waals surface area (Å²) < 4.78 is 0. The number of hydrogen-bond donors (Lipinski definition) is 3. The molecule has 1 saturated carbocycles. The first-order valence-electron chi connectivity index (χ1n) is 4.97. The minimum absolute atomic E-state index is 0.0782. The highest BCUT2D eigenvalue weighted by atomic mass is 16.2. The molecule has 1 aliphatic carbocycles. The predicted octanol–water partition coefficient (Wildman–Crippen LogP) is -0.880. The molecule has 4 N–H and O–H groups in total. The first kappa shape index (κ1) is 11.0. The number of amides is 2. The average molecular weight is 199 g/mol. The van der Waals surface area contributed by atoms with Crippen LogP contribution in [0.2, 0.25) is 0 Å². The Morgan fingerprint density at radius 2 is 1.86 bits per heavy atom. The first-order valence-corrected chi connectivity index (χ1v) is 4.97. The SMILES string of the molecule is NC(=O)CNC(=O)CNC1CCCC1. The van der Waals surface area contributed by atoms with Crippen LogP contribution in [-0.4, -0.2) is 30.9 Å². The summed E-state index contributed by atoms with van der Waals surface area (Å²) in [4.78, 5) is 21.5. The molecule has 1 rings (SSSR count). The second-order valence-electron chi connectivity index (χ2n) is 3.61. The molecule has 5 nitrogen and oxygen atoms in total. The van der Waals surface area contributed by atoms with Crippen LogP contribution in [0.25, 0.3) is 0 Å². The Morgan fingerprint density at radius 3 is 2.43 bits per heavy atom. The summed E-state index contributed by atoms with van der Waals surface area (Å²) in [5.41, 5.74) is 4.88. The third kappa shape index (κ3) is 4.23. The van der Waals surface area contributed by atoms with Gasteiger partial charge in [-0.15, -0.1) is 0 Å². The van der Waals surface area contributed by atoms with Crippen LogP contribution in [0.3, 0.4) is 0 Å². The molecular weight excluding hydrogens is 182 g/mol. The summed E-state index contributed by atoms with van der Waals surface area (Å²) >= 11 is 0. The monoisotopic (exact) mass is 199 g/mol. The van der Waals surface area contributed by atoms with Crippen molar-refractivity contribution < 1.29 is 9.59 Å². The van der Waals surface area contributed by atoms with Crippen LogP contribution in [0, 0.1) is 0 Å². The van der Waals surface area contributed by atoms with E-state index in [-0.39, 0.29) is 19.0 Å². The van der Waals surface area contributed by atoms with Gasteiger partial charge in [0.15, 0.2) is 0 Å². The first-order chi connectivity index (χ1) is 6.68. The smallest absolute Gasteiger partial charge is 0.236 e. The standard InChI is InChI=1S/C9H17N3O2/c10-8(13)5-12-9(14)6-11-7-3-1-2-4-7/h7,11H,1-6H2,(H2,10,13)(H,12,14). The van der Waals surface area contributed by atoms with E-state index in [1.165, 1.54) is 12.8 Å². The Hall–Kier alpha value is -1.10. The van der Waals surface area contributed by atoms with Crippen molar-refractivity contribution in [3.8, 4) is 0 Å². The lowest BCUT2D eigenvalue weighted by molar-refractivity contribution is -0.124. The van der Waals surface area contributed by atoms with Gasteiger partial charge in [-0.2, -0.15) is 0 Å². The lowest BCUT2D eigenvalue weighted by Gasteiger charge is -2.10. The molecule has 0 unspecified atom stereocenters. The van der Waals surface area contributed by atoms with Crippen molar-refractivity contribution in [1.82, 2.24) is 10.6 Å². The van der Waals surface area contributed by atoms with Gasteiger partial charge in [0.2, 0.25) is 11.8 Å². The van der Waals surface area contributed by atoms with Gasteiger partial charge in [-0.3, -0.25) is 9.59 Å². The van der Waals surface area contributed by atoms with Crippen molar-refractivity contribution in [1.29, 1.82) is 0 Å². The van der Waals surface area contributed by atoms with Crippen LogP contribution in [0.4, 0.5) is 0 Å². The largest absolute Gasteiger partial charge is 0.368 e. The van der Waals surface area contributed by atoms with E-state index in [9.17, 15) is 9.59 Å². The van der Waals surface area contributed by atoms with Crippen LogP contribution < -0.4 is 16.4 Å². The van der Waals surface area contributed by atoms with Gasteiger partial charge in [-0.1, -0.05) is 12.8 Å². The van der Waals surface area contributed by atoms with Gasteiger partial charge in [0.1, 0.15) is 0 Å². The van der Waals surface area contributed by atoms with Crippen LogP contribution in [0.1, 0.15) is 25.7 Å². The molecule has 0 saturated heterocycles. The maximum absolute atomic E-state index is 11.1. The van der Waals surface area contributed by atoms with Gasteiger partial charge >= 0.3 is 0 Å². The number of hydrogen-bond acceptors (Lipinski definition) is 3. The Morgan fingerprint density at radius 1 is 1.21 bits per heavy atom. The van der Waals surface area contributed by atoms with Crippen molar-refractivity contribution in [2.75, 3.05) is 13.1 Å². The molecule has 0 aromatic heterocycles. The molecule has 2 amide bonds. The molecule has 1 aliphatic rings. The lowest BCUT2D eigenvalue weighted by atomic mass is 10.2. The number of primary amides is 1. The van der Waals surface area contributed by atoms with Crippen molar-refractivity contribution in [2.24, 2.45) is 5.73 Å². The summed E-state index contributed by atoms with van der Waals surface area (Å²) in [7, 11) is 0. The highest BCUT2D eigenvalue weighted by Gasteiger charge is 2.14. The molecule has 0 spiro atoms. The van der Waals surface area contributed by atoms with E-state index in [1.54, 1.807) is 0 Å². The minimum atomic E-state index is -0.515. The molecule has 14 heavy (non-hydrogen) atoms. The zero-order chi connectivity index (χ0) is 10.4. The van der Waals surface area contributed by atoms with Gasteiger partial charge in [0.25, 0.3) is 0 Å². The fourth-order valence-electron chi connectivity index (χ4n) is 1.62. The molecular formula is C9H17N3O2.